The van der Waals surface area contributed by atoms with Crippen molar-refractivity contribution < 1.29 is 4.79 Å². The summed E-state index contributed by atoms with van der Waals surface area (Å²) in [5, 5.41) is 6.54. The third-order valence-corrected chi connectivity index (χ3v) is 3.75. The van der Waals surface area contributed by atoms with Gasteiger partial charge in [0.05, 0.1) is 5.92 Å². The molecule has 4 heteroatoms. The topological polar surface area (TPSA) is 44.4 Å². The maximum absolute atomic E-state index is 12.3. The van der Waals surface area contributed by atoms with Gasteiger partial charge in [-0.05, 0) is 25.8 Å². The minimum atomic E-state index is 0.270. The maximum Gasteiger partial charge on any atom is 0.228 e. The first-order valence-electron chi connectivity index (χ1n) is 6.10. The van der Waals surface area contributed by atoms with E-state index in [4.69, 9.17) is 0 Å². The van der Waals surface area contributed by atoms with Gasteiger partial charge in [0.25, 0.3) is 0 Å². The normalized spacial score (nSPS) is 31.3. The van der Waals surface area contributed by atoms with Gasteiger partial charge in [-0.25, -0.2) is 0 Å². The van der Waals surface area contributed by atoms with E-state index < -0.39 is 0 Å². The Bertz CT molecular complexity index is 255. The van der Waals surface area contributed by atoms with Crippen LogP contribution in [-0.4, -0.2) is 49.1 Å². The molecular formula is C11H19N3O. The second-order valence-electron chi connectivity index (χ2n) is 4.98. The molecule has 2 aliphatic heterocycles. The van der Waals surface area contributed by atoms with Crippen LogP contribution in [0.4, 0.5) is 0 Å². The summed E-state index contributed by atoms with van der Waals surface area (Å²) in [5.41, 5.74) is 0. The Labute approximate surface area is 90.4 Å². The Balaban J connectivity index is 1.68. The molecule has 0 aromatic rings. The van der Waals surface area contributed by atoms with Crippen LogP contribution in [0.5, 0.6) is 0 Å². The van der Waals surface area contributed by atoms with Crippen molar-refractivity contribution in [3.05, 3.63) is 0 Å². The van der Waals surface area contributed by atoms with Crippen LogP contribution in [0.15, 0.2) is 0 Å². The Morgan fingerprint density at radius 2 is 1.80 bits per heavy atom. The maximum atomic E-state index is 12.3. The molecule has 0 radical (unpaired) electrons. The van der Waals surface area contributed by atoms with Crippen molar-refractivity contribution >= 4 is 5.91 Å². The quantitative estimate of drug-likeness (QED) is 0.662. The Hall–Kier alpha value is -0.610. The molecule has 3 rings (SSSR count). The molecule has 2 saturated heterocycles. The standard InChI is InChI=1S/C11H19N3O/c15-11(8-5-13-6-8)14(9-1-2-9)10-3-4-12-7-10/h8-10,12-13H,1-7H2. The average Bonchev–Trinajstić information content (AvgIpc) is 2.78. The predicted octanol–water partition coefficient (Wildman–Crippen LogP) is -0.441. The molecule has 1 atom stereocenters. The van der Waals surface area contributed by atoms with Gasteiger partial charge >= 0.3 is 0 Å². The van der Waals surface area contributed by atoms with Gasteiger partial charge in [-0.1, -0.05) is 0 Å². The fourth-order valence-corrected chi connectivity index (χ4v) is 2.56. The summed E-state index contributed by atoms with van der Waals surface area (Å²) < 4.78 is 0. The molecule has 1 amide bonds. The number of nitrogens with zero attached hydrogens (tertiary/aromatic N) is 1. The molecule has 3 fully saturated rings. The zero-order valence-corrected chi connectivity index (χ0v) is 9.04. The van der Waals surface area contributed by atoms with E-state index in [9.17, 15) is 4.79 Å². The van der Waals surface area contributed by atoms with Crippen molar-refractivity contribution in [1.29, 1.82) is 0 Å². The monoisotopic (exact) mass is 209 g/mol. The lowest BCUT2D eigenvalue weighted by Crippen LogP contribution is -2.55. The van der Waals surface area contributed by atoms with Crippen molar-refractivity contribution in [2.75, 3.05) is 26.2 Å². The Morgan fingerprint density at radius 3 is 2.27 bits per heavy atom. The summed E-state index contributed by atoms with van der Waals surface area (Å²) in [6.45, 7) is 3.86. The van der Waals surface area contributed by atoms with Crippen LogP contribution in [0.25, 0.3) is 0 Å². The van der Waals surface area contributed by atoms with Gasteiger partial charge in [-0.3, -0.25) is 4.79 Å². The van der Waals surface area contributed by atoms with E-state index >= 15 is 0 Å². The predicted molar refractivity (Wildman–Crippen MR) is 57.5 cm³/mol. The number of hydrogen-bond donors (Lipinski definition) is 2. The third kappa shape index (κ3) is 1.76. The lowest BCUT2D eigenvalue weighted by molar-refractivity contribution is -0.139. The summed E-state index contributed by atoms with van der Waals surface area (Å²) in [7, 11) is 0. The second-order valence-corrected chi connectivity index (χ2v) is 4.98. The molecule has 0 spiro atoms. The zero-order valence-electron chi connectivity index (χ0n) is 9.04. The van der Waals surface area contributed by atoms with E-state index in [0.717, 1.165) is 32.6 Å². The Kier molecular flexibility index (Phi) is 2.41. The lowest BCUT2D eigenvalue weighted by atomic mass is 10.0. The highest BCUT2D eigenvalue weighted by Crippen LogP contribution is 2.32. The Morgan fingerprint density at radius 1 is 1.00 bits per heavy atom. The first-order valence-corrected chi connectivity index (χ1v) is 6.10. The van der Waals surface area contributed by atoms with Crippen LogP contribution < -0.4 is 10.6 Å². The smallest absolute Gasteiger partial charge is 0.228 e. The van der Waals surface area contributed by atoms with Crippen molar-refractivity contribution in [3.63, 3.8) is 0 Å². The molecular weight excluding hydrogens is 190 g/mol. The summed E-state index contributed by atoms with van der Waals surface area (Å²) in [4.78, 5) is 14.5. The molecule has 3 aliphatic rings. The van der Waals surface area contributed by atoms with E-state index in [-0.39, 0.29) is 5.92 Å². The molecule has 2 N–H and O–H groups in total. The van der Waals surface area contributed by atoms with Crippen LogP contribution in [-0.2, 0) is 4.79 Å². The van der Waals surface area contributed by atoms with Gasteiger partial charge in [0.1, 0.15) is 0 Å². The molecule has 1 saturated carbocycles. The van der Waals surface area contributed by atoms with Gasteiger partial charge in [0.2, 0.25) is 5.91 Å². The molecule has 0 aromatic heterocycles. The van der Waals surface area contributed by atoms with Crippen LogP contribution >= 0.6 is 0 Å². The van der Waals surface area contributed by atoms with E-state index in [2.05, 4.69) is 15.5 Å². The van der Waals surface area contributed by atoms with Gasteiger partial charge < -0.3 is 15.5 Å². The molecule has 0 aromatic carbocycles. The van der Waals surface area contributed by atoms with E-state index in [1.807, 2.05) is 0 Å². The van der Waals surface area contributed by atoms with Crippen LogP contribution in [0.2, 0.25) is 0 Å². The second kappa shape index (κ2) is 3.76. The number of hydrogen-bond acceptors (Lipinski definition) is 3. The van der Waals surface area contributed by atoms with Gasteiger partial charge in [-0.15, -0.1) is 0 Å². The molecule has 1 unspecified atom stereocenters. The van der Waals surface area contributed by atoms with Crippen molar-refractivity contribution in [3.8, 4) is 0 Å². The number of carbonyl (C=O) groups excluding carboxylic acids is 1. The number of nitrogens with one attached hydrogen (secondary N) is 2. The molecule has 15 heavy (non-hydrogen) atoms. The summed E-state index contributed by atoms with van der Waals surface area (Å²) in [6.07, 6.45) is 3.59. The highest BCUT2D eigenvalue weighted by molar-refractivity contribution is 5.81. The minimum absolute atomic E-state index is 0.270. The first kappa shape index (κ1) is 9.60. The highest BCUT2D eigenvalue weighted by Gasteiger charge is 2.41. The summed E-state index contributed by atoms with van der Waals surface area (Å²) in [6, 6.07) is 1.05. The van der Waals surface area contributed by atoms with Crippen molar-refractivity contribution in [1.82, 2.24) is 15.5 Å². The first-order chi connectivity index (χ1) is 7.36. The average molecular weight is 209 g/mol. The SMILES string of the molecule is O=C(C1CNC1)N(C1CC1)C1CCNC1. The van der Waals surface area contributed by atoms with E-state index in [0.29, 0.717) is 18.0 Å². The summed E-state index contributed by atoms with van der Waals surface area (Å²) in [5.74, 6) is 0.677. The lowest BCUT2D eigenvalue weighted by Gasteiger charge is -2.36. The van der Waals surface area contributed by atoms with Gasteiger partial charge in [0, 0.05) is 31.7 Å². The van der Waals surface area contributed by atoms with Crippen molar-refractivity contribution in [2.24, 2.45) is 5.92 Å². The number of amides is 1. The van der Waals surface area contributed by atoms with Gasteiger partial charge in [-0.2, -0.15) is 0 Å². The molecule has 2 heterocycles. The van der Waals surface area contributed by atoms with E-state index in [1.165, 1.54) is 12.8 Å². The zero-order chi connectivity index (χ0) is 10.3. The highest BCUT2D eigenvalue weighted by atomic mass is 16.2. The molecule has 4 nitrogen and oxygen atoms in total. The summed E-state index contributed by atoms with van der Waals surface area (Å²) >= 11 is 0. The largest absolute Gasteiger partial charge is 0.335 e. The number of carbonyl (C=O) groups is 1. The third-order valence-electron chi connectivity index (χ3n) is 3.75. The number of rotatable bonds is 3. The van der Waals surface area contributed by atoms with Crippen molar-refractivity contribution in [2.45, 2.75) is 31.3 Å². The van der Waals surface area contributed by atoms with Crippen LogP contribution in [0, 0.1) is 5.92 Å². The minimum Gasteiger partial charge on any atom is -0.335 e. The van der Waals surface area contributed by atoms with E-state index in [1.54, 1.807) is 0 Å². The fraction of sp³-hybridized carbons (Fsp3) is 0.909. The molecule has 1 aliphatic carbocycles. The molecule has 0 bridgehead atoms. The van der Waals surface area contributed by atoms with Crippen LogP contribution in [0.3, 0.4) is 0 Å². The molecule has 84 valence electrons. The van der Waals surface area contributed by atoms with Gasteiger partial charge in [0.15, 0.2) is 0 Å². The van der Waals surface area contributed by atoms with Crippen LogP contribution in [0.1, 0.15) is 19.3 Å². The fourth-order valence-electron chi connectivity index (χ4n) is 2.56.